The lowest BCUT2D eigenvalue weighted by Gasteiger charge is -2.35. The molecule has 36 heavy (non-hydrogen) atoms. The van der Waals surface area contributed by atoms with E-state index in [1.54, 1.807) is 49.6 Å². The van der Waals surface area contributed by atoms with Crippen molar-refractivity contribution in [1.29, 1.82) is 0 Å². The van der Waals surface area contributed by atoms with Crippen molar-refractivity contribution in [2.45, 2.75) is 25.8 Å². The minimum Gasteiger partial charge on any atom is -0.497 e. The fourth-order valence-corrected chi connectivity index (χ4v) is 4.20. The predicted molar refractivity (Wildman–Crippen MR) is 138 cm³/mol. The van der Waals surface area contributed by atoms with Gasteiger partial charge in [0.25, 0.3) is 5.91 Å². The highest BCUT2D eigenvalue weighted by molar-refractivity contribution is 6.10. The molecule has 2 N–H and O–H groups in total. The lowest BCUT2D eigenvalue weighted by atomic mass is 9.85. The van der Waals surface area contributed by atoms with Crippen LogP contribution in [0, 0.1) is 0 Å². The summed E-state index contributed by atoms with van der Waals surface area (Å²) in [4.78, 5) is 37.5. The molecule has 0 bridgehead atoms. The number of amides is 1. The third-order valence-corrected chi connectivity index (χ3v) is 5.96. The largest absolute Gasteiger partial charge is 0.497 e. The van der Waals surface area contributed by atoms with Gasteiger partial charge in [-0.15, -0.1) is 0 Å². The van der Waals surface area contributed by atoms with Crippen LogP contribution < -0.4 is 15.4 Å². The topological polar surface area (TPSA) is 93.7 Å². The molecule has 1 aliphatic heterocycles. The Morgan fingerprint density at radius 2 is 1.64 bits per heavy atom. The summed E-state index contributed by atoms with van der Waals surface area (Å²) in [7, 11) is 2.91. The van der Waals surface area contributed by atoms with Crippen molar-refractivity contribution in [2.24, 2.45) is 0 Å². The van der Waals surface area contributed by atoms with Crippen LogP contribution in [0.3, 0.4) is 0 Å². The quantitative estimate of drug-likeness (QED) is 0.294. The number of methoxy groups -OCH3 is 2. The standard InChI is InChI=1S/C29H28N2O5/c1-29(2)17-21-12-13-23(35-3)15-24(21)25(31-29)16-26(32)20-6-5-7-22(14-20)30-27(33)18-8-10-19(11-9-18)28(34)36-4/h5-16,31H,17H2,1-4H3,(H,30,33). The number of carbonyl (C=O) groups excluding carboxylic acids is 3. The van der Waals surface area contributed by atoms with Crippen molar-refractivity contribution in [1.82, 2.24) is 5.32 Å². The highest BCUT2D eigenvalue weighted by Gasteiger charge is 2.28. The molecule has 184 valence electrons. The van der Waals surface area contributed by atoms with Gasteiger partial charge in [-0.25, -0.2) is 4.79 Å². The van der Waals surface area contributed by atoms with E-state index in [9.17, 15) is 14.4 Å². The Morgan fingerprint density at radius 1 is 0.917 bits per heavy atom. The molecule has 0 saturated heterocycles. The summed E-state index contributed by atoms with van der Waals surface area (Å²) in [6.07, 6.45) is 2.41. The van der Waals surface area contributed by atoms with Gasteiger partial charge < -0.3 is 20.1 Å². The van der Waals surface area contributed by atoms with E-state index in [-0.39, 0.29) is 17.2 Å². The molecule has 1 amide bonds. The van der Waals surface area contributed by atoms with E-state index in [0.717, 1.165) is 29.0 Å². The highest BCUT2D eigenvalue weighted by atomic mass is 16.5. The van der Waals surface area contributed by atoms with E-state index < -0.39 is 5.97 Å². The van der Waals surface area contributed by atoms with Crippen LogP contribution in [0.4, 0.5) is 5.69 Å². The van der Waals surface area contributed by atoms with Crippen LogP contribution >= 0.6 is 0 Å². The monoisotopic (exact) mass is 484 g/mol. The number of ether oxygens (including phenoxy) is 2. The molecule has 1 heterocycles. The fraction of sp³-hybridized carbons (Fsp3) is 0.207. The van der Waals surface area contributed by atoms with Gasteiger partial charge in [0.2, 0.25) is 0 Å². The van der Waals surface area contributed by atoms with Crippen molar-refractivity contribution in [2.75, 3.05) is 19.5 Å². The molecular weight excluding hydrogens is 456 g/mol. The van der Waals surface area contributed by atoms with Crippen molar-refractivity contribution >= 4 is 29.0 Å². The second-order valence-electron chi connectivity index (χ2n) is 9.23. The second-order valence-corrected chi connectivity index (χ2v) is 9.23. The first kappa shape index (κ1) is 24.7. The van der Waals surface area contributed by atoms with Crippen LogP contribution in [0.15, 0.2) is 72.8 Å². The van der Waals surface area contributed by atoms with Crippen LogP contribution in [0.5, 0.6) is 5.75 Å². The average molecular weight is 485 g/mol. The van der Waals surface area contributed by atoms with Gasteiger partial charge in [-0.1, -0.05) is 18.2 Å². The Morgan fingerprint density at radius 3 is 2.33 bits per heavy atom. The van der Waals surface area contributed by atoms with E-state index >= 15 is 0 Å². The smallest absolute Gasteiger partial charge is 0.337 e. The maximum Gasteiger partial charge on any atom is 0.337 e. The zero-order valence-electron chi connectivity index (χ0n) is 20.7. The average Bonchev–Trinajstić information content (AvgIpc) is 2.87. The van der Waals surface area contributed by atoms with E-state index in [0.29, 0.717) is 22.4 Å². The van der Waals surface area contributed by atoms with Gasteiger partial charge in [0.05, 0.1) is 19.8 Å². The molecule has 0 unspecified atom stereocenters. The molecule has 0 fully saturated rings. The van der Waals surface area contributed by atoms with Crippen molar-refractivity contribution in [3.63, 3.8) is 0 Å². The molecule has 3 aromatic carbocycles. The molecule has 7 heteroatoms. The van der Waals surface area contributed by atoms with Gasteiger partial charge in [-0.3, -0.25) is 9.59 Å². The Kier molecular flexibility index (Phi) is 6.92. The SMILES string of the molecule is COC(=O)c1ccc(C(=O)Nc2cccc(C(=O)C=C3NC(C)(C)Cc4ccc(OC)cc43)c2)cc1. The van der Waals surface area contributed by atoms with E-state index in [1.165, 1.54) is 19.2 Å². The molecule has 1 aliphatic rings. The third kappa shape index (κ3) is 5.46. The molecule has 4 rings (SSSR count). The number of fused-ring (bicyclic) bond motifs is 1. The Hall–Kier alpha value is -4.39. The maximum atomic E-state index is 13.2. The normalized spacial score (nSPS) is 14.8. The molecule has 7 nitrogen and oxygen atoms in total. The van der Waals surface area contributed by atoms with Gasteiger partial charge in [-0.05, 0) is 74.4 Å². The molecule has 0 atom stereocenters. The van der Waals surface area contributed by atoms with Gasteiger partial charge in [0, 0.05) is 39.7 Å². The van der Waals surface area contributed by atoms with Crippen LogP contribution in [0.1, 0.15) is 56.0 Å². The summed E-state index contributed by atoms with van der Waals surface area (Å²) in [5, 5.41) is 6.27. The number of hydrogen-bond donors (Lipinski definition) is 2. The molecule has 0 saturated carbocycles. The van der Waals surface area contributed by atoms with Crippen molar-refractivity contribution in [3.05, 3.63) is 101 Å². The predicted octanol–water partition coefficient (Wildman–Crippen LogP) is 4.88. The molecule has 0 aromatic heterocycles. The lowest BCUT2D eigenvalue weighted by molar-refractivity contribution is 0.0600. The lowest BCUT2D eigenvalue weighted by Crippen LogP contribution is -2.43. The van der Waals surface area contributed by atoms with Crippen molar-refractivity contribution < 1.29 is 23.9 Å². The molecular formula is C29H28N2O5. The van der Waals surface area contributed by atoms with Gasteiger partial charge in [-0.2, -0.15) is 0 Å². The first-order chi connectivity index (χ1) is 17.2. The van der Waals surface area contributed by atoms with Crippen LogP contribution in [-0.4, -0.2) is 37.4 Å². The summed E-state index contributed by atoms with van der Waals surface area (Å²) < 4.78 is 10.1. The minimum absolute atomic E-state index is 0.192. The number of carbonyl (C=O) groups is 3. The number of benzene rings is 3. The first-order valence-electron chi connectivity index (χ1n) is 11.5. The number of ketones is 1. The van der Waals surface area contributed by atoms with E-state index in [2.05, 4.69) is 29.2 Å². The number of nitrogens with one attached hydrogen (secondary N) is 2. The van der Waals surface area contributed by atoms with Crippen molar-refractivity contribution in [3.8, 4) is 5.75 Å². The summed E-state index contributed by atoms with van der Waals surface area (Å²) in [5.74, 6) is -0.300. The number of hydrogen-bond acceptors (Lipinski definition) is 6. The van der Waals surface area contributed by atoms with Crippen LogP contribution in [-0.2, 0) is 11.2 Å². The molecule has 3 aromatic rings. The summed E-state index contributed by atoms with van der Waals surface area (Å²) in [6.45, 7) is 4.18. The Labute approximate surface area is 210 Å². The summed E-state index contributed by atoms with van der Waals surface area (Å²) in [5.41, 5.74) is 4.24. The zero-order chi connectivity index (χ0) is 25.9. The van der Waals surface area contributed by atoms with Gasteiger partial charge in [0.15, 0.2) is 5.78 Å². The number of allylic oxidation sites excluding steroid dienone is 1. The number of rotatable bonds is 6. The highest BCUT2D eigenvalue weighted by Crippen LogP contribution is 2.32. The second kappa shape index (κ2) is 10.1. The third-order valence-electron chi connectivity index (χ3n) is 5.96. The first-order valence-corrected chi connectivity index (χ1v) is 11.5. The Bertz CT molecular complexity index is 1360. The number of anilines is 1. The fourth-order valence-electron chi connectivity index (χ4n) is 4.20. The minimum atomic E-state index is -0.473. The molecule has 0 aliphatic carbocycles. The molecule has 0 radical (unpaired) electrons. The van der Waals surface area contributed by atoms with E-state index in [1.807, 2.05) is 18.2 Å². The maximum absolute atomic E-state index is 13.2. The number of esters is 1. The van der Waals surface area contributed by atoms with Crippen LogP contribution in [0.25, 0.3) is 5.70 Å². The van der Waals surface area contributed by atoms with Gasteiger partial charge in [0.1, 0.15) is 5.75 Å². The van der Waals surface area contributed by atoms with Crippen LogP contribution in [0.2, 0.25) is 0 Å². The molecule has 0 spiro atoms. The Balaban J connectivity index is 1.55. The van der Waals surface area contributed by atoms with Gasteiger partial charge >= 0.3 is 5.97 Å². The zero-order valence-corrected chi connectivity index (χ0v) is 20.7. The van der Waals surface area contributed by atoms with E-state index in [4.69, 9.17) is 4.74 Å². The summed E-state index contributed by atoms with van der Waals surface area (Å²) in [6, 6.07) is 18.8. The summed E-state index contributed by atoms with van der Waals surface area (Å²) >= 11 is 0.